The Bertz CT molecular complexity index is 320. The summed E-state index contributed by atoms with van der Waals surface area (Å²) in [5.74, 6) is 0. The molecular formula is C14H18O3. The van der Waals surface area contributed by atoms with Crippen LogP contribution in [0.1, 0.15) is 38.5 Å². The lowest BCUT2D eigenvalue weighted by molar-refractivity contribution is -0.0453. The Morgan fingerprint density at radius 1 is 0.529 bits per heavy atom. The van der Waals surface area contributed by atoms with E-state index in [4.69, 9.17) is 14.2 Å². The first-order valence-electron chi connectivity index (χ1n) is 7.16. The molecule has 0 aromatic heterocycles. The number of hydrogen-bond acceptors (Lipinski definition) is 3. The first-order chi connectivity index (χ1) is 8.24. The maximum atomic E-state index is 6.36. The Labute approximate surface area is 101 Å². The van der Waals surface area contributed by atoms with Crippen LogP contribution in [0.4, 0.5) is 0 Å². The van der Waals surface area contributed by atoms with Gasteiger partial charge in [0.15, 0.2) is 0 Å². The van der Waals surface area contributed by atoms with Crippen molar-refractivity contribution >= 4 is 0 Å². The van der Waals surface area contributed by atoms with E-state index in [9.17, 15) is 0 Å². The third kappa shape index (κ3) is 0.504. The van der Waals surface area contributed by atoms with Gasteiger partial charge in [-0.3, -0.25) is 0 Å². The van der Waals surface area contributed by atoms with Crippen LogP contribution in [0.25, 0.3) is 0 Å². The second-order valence-electron chi connectivity index (χ2n) is 7.38. The van der Waals surface area contributed by atoms with E-state index in [0.717, 1.165) is 19.8 Å². The van der Waals surface area contributed by atoms with Crippen molar-refractivity contribution < 1.29 is 14.2 Å². The van der Waals surface area contributed by atoms with Crippen LogP contribution in [-0.2, 0) is 14.2 Å². The number of hydrogen-bond donors (Lipinski definition) is 0. The predicted molar refractivity (Wildman–Crippen MR) is 58.6 cm³/mol. The monoisotopic (exact) mass is 234 g/mol. The highest BCUT2D eigenvalue weighted by molar-refractivity contribution is 5.43. The standard InChI is InChI=1S/C14H18O3/c1-4-11-7-16-13-6-3-10(1)2-5-12(8-15-11,17-9-13)14(10,11)13/h1-9H2/t10?,11-,12-,13+,14?/m0/s1. The minimum absolute atomic E-state index is 0.0382. The second kappa shape index (κ2) is 2.00. The highest BCUT2D eigenvalue weighted by Crippen LogP contribution is 2.88. The fourth-order valence-corrected chi connectivity index (χ4v) is 7.49. The summed E-state index contributed by atoms with van der Waals surface area (Å²) in [4.78, 5) is 0. The van der Waals surface area contributed by atoms with Gasteiger partial charge in [0, 0.05) is 0 Å². The van der Waals surface area contributed by atoms with Crippen LogP contribution in [-0.4, -0.2) is 36.6 Å². The van der Waals surface area contributed by atoms with Gasteiger partial charge in [-0.25, -0.2) is 0 Å². The maximum absolute atomic E-state index is 6.36. The van der Waals surface area contributed by atoms with E-state index in [2.05, 4.69) is 0 Å². The zero-order chi connectivity index (χ0) is 11.0. The quantitative estimate of drug-likeness (QED) is 0.638. The molecule has 6 rings (SSSR count). The third-order valence-electron chi connectivity index (χ3n) is 7.61. The molecule has 0 N–H and O–H groups in total. The van der Waals surface area contributed by atoms with Gasteiger partial charge in [-0.05, 0) is 43.9 Å². The topological polar surface area (TPSA) is 27.7 Å². The van der Waals surface area contributed by atoms with E-state index in [1.165, 1.54) is 38.5 Å². The lowest BCUT2D eigenvalue weighted by Gasteiger charge is -2.43. The molecule has 17 heavy (non-hydrogen) atoms. The molecule has 0 bridgehead atoms. The van der Waals surface area contributed by atoms with Crippen molar-refractivity contribution in [3.63, 3.8) is 0 Å². The van der Waals surface area contributed by atoms with Crippen LogP contribution in [0.15, 0.2) is 0 Å². The highest BCUT2D eigenvalue weighted by atomic mass is 16.6. The molecule has 6 aliphatic rings. The van der Waals surface area contributed by atoms with Crippen molar-refractivity contribution in [3.8, 4) is 0 Å². The molecule has 0 aromatic carbocycles. The second-order valence-corrected chi connectivity index (χ2v) is 7.38. The first kappa shape index (κ1) is 8.89. The molecule has 92 valence electrons. The van der Waals surface area contributed by atoms with Gasteiger partial charge in [-0.1, -0.05) is 0 Å². The van der Waals surface area contributed by atoms with Crippen molar-refractivity contribution in [1.29, 1.82) is 0 Å². The molecule has 3 heteroatoms. The van der Waals surface area contributed by atoms with E-state index < -0.39 is 0 Å². The molecule has 3 heterocycles. The normalized spacial score (nSPS) is 73.4. The van der Waals surface area contributed by atoms with Crippen LogP contribution in [0, 0.1) is 10.8 Å². The zero-order valence-corrected chi connectivity index (χ0v) is 10.1. The Morgan fingerprint density at radius 2 is 0.941 bits per heavy atom. The molecule has 6 fully saturated rings. The SMILES string of the molecule is C1C[C@]23CO[C@@]45CCC16CC[C@@](CO2)(OC4)C635. The van der Waals surface area contributed by atoms with Crippen LogP contribution >= 0.6 is 0 Å². The van der Waals surface area contributed by atoms with Gasteiger partial charge in [0.1, 0.15) is 16.8 Å². The van der Waals surface area contributed by atoms with Crippen LogP contribution in [0.5, 0.6) is 0 Å². The van der Waals surface area contributed by atoms with E-state index in [-0.39, 0.29) is 22.2 Å². The van der Waals surface area contributed by atoms with Crippen molar-refractivity contribution in [2.45, 2.75) is 55.3 Å². The van der Waals surface area contributed by atoms with Crippen LogP contribution in [0.3, 0.4) is 0 Å². The molecule has 3 nitrogen and oxygen atoms in total. The van der Waals surface area contributed by atoms with E-state index in [0.29, 0.717) is 5.41 Å². The summed E-state index contributed by atoms with van der Waals surface area (Å²) in [6.45, 7) is 2.54. The Morgan fingerprint density at radius 3 is 1.35 bits per heavy atom. The molecular weight excluding hydrogens is 216 g/mol. The summed E-state index contributed by atoms with van der Waals surface area (Å²) in [5.41, 5.74) is 0.875. The van der Waals surface area contributed by atoms with Gasteiger partial charge in [-0.15, -0.1) is 0 Å². The fourth-order valence-electron chi connectivity index (χ4n) is 7.49. The summed E-state index contributed by atoms with van der Waals surface area (Å²) in [6.07, 6.45) is 7.76. The average Bonchev–Trinajstić information content (AvgIpc) is 3.05. The van der Waals surface area contributed by atoms with Gasteiger partial charge in [0.25, 0.3) is 0 Å². The summed E-state index contributed by atoms with van der Waals surface area (Å²) >= 11 is 0. The number of rotatable bonds is 0. The molecule has 3 aliphatic carbocycles. The number of ether oxygens (including phenoxy) is 3. The minimum Gasteiger partial charge on any atom is -0.369 e. The molecule has 0 aromatic rings. The molecule has 1 spiro atoms. The lowest BCUT2D eigenvalue weighted by Crippen LogP contribution is -2.56. The zero-order valence-electron chi connectivity index (χ0n) is 10.1. The van der Waals surface area contributed by atoms with E-state index in [1.807, 2.05) is 0 Å². The lowest BCUT2D eigenvalue weighted by atomic mass is 9.58. The van der Waals surface area contributed by atoms with Gasteiger partial charge in [-0.2, -0.15) is 0 Å². The van der Waals surface area contributed by atoms with Crippen molar-refractivity contribution in [2.75, 3.05) is 19.8 Å². The van der Waals surface area contributed by atoms with Gasteiger partial charge < -0.3 is 14.2 Å². The molecule has 5 atom stereocenters. The first-order valence-corrected chi connectivity index (χ1v) is 7.16. The fraction of sp³-hybridized carbons (Fsp3) is 1.00. The van der Waals surface area contributed by atoms with E-state index >= 15 is 0 Å². The Balaban J connectivity index is 1.81. The largest absolute Gasteiger partial charge is 0.369 e. The third-order valence-corrected chi connectivity index (χ3v) is 7.61. The highest BCUT2D eigenvalue weighted by Gasteiger charge is 2.96. The Kier molecular flexibility index (Phi) is 1.05. The van der Waals surface area contributed by atoms with Crippen molar-refractivity contribution in [1.82, 2.24) is 0 Å². The molecule has 0 radical (unpaired) electrons. The van der Waals surface area contributed by atoms with Crippen molar-refractivity contribution in [2.24, 2.45) is 10.8 Å². The molecule has 2 unspecified atom stereocenters. The summed E-state index contributed by atoms with van der Waals surface area (Å²) < 4.78 is 19.1. The predicted octanol–water partition coefficient (Wildman–Crippen LogP) is 1.65. The molecule has 3 aliphatic heterocycles. The molecule has 0 amide bonds. The van der Waals surface area contributed by atoms with Crippen molar-refractivity contribution in [3.05, 3.63) is 0 Å². The van der Waals surface area contributed by atoms with Crippen LogP contribution < -0.4 is 0 Å². The summed E-state index contributed by atoms with van der Waals surface area (Å²) in [5, 5.41) is 0. The summed E-state index contributed by atoms with van der Waals surface area (Å²) in [6, 6.07) is 0. The van der Waals surface area contributed by atoms with Gasteiger partial charge in [0.05, 0.1) is 25.2 Å². The summed E-state index contributed by atoms with van der Waals surface area (Å²) in [7, 11) is 0. The Hall–Kier alpha value is -0.120. The average molecular weight is 234 g/mol. The van der Waals surface area contributed by atoms with Gasteiger partial charge >= 0.3 is 0 Å². The smallest absolute Gasteiger partial charge is 0.103 e. The minimum atomic E-state index is 0.0382. The molecule has 3 saturated carbocycles. The molecule has 3 saturated heterocycles. The maximum Gasteiger partial charge on any atom is 0.103 e. The van der Waals surface area contributed by atoms with Crippen LogP contribution in [0.2, 0.25) is 0 Å². The van der Waals surface area contributed by atoms with E-state index in [1.54, 1.807) is 0 Å². The van der Waals surface area contributed by atoms with Gasteiger partial charge in [0.2, 0.25) is 0 Å².